The van der Waals surface area contributed by atoms with Gasteiger partial charge in [0.25, 0.3) is 0 Å². The summed E-state index contributed by atoms with van der Waals surface area (Å²) >= 11 is 0. The standard InChI is InChI=1S/C22H17N3.ClH.Pt/c1-16-8-10-17(11-9-16)18-14-21(19-6-2-4-12-23-19)25-22(15-18)20-7-3-5-13-24-20;;/h2-15H,1H3;1H;/q;;+2/p-1. The van der Waals surface area contributed by atoms with Crippen molar-refractivity contribution in [3.8, 4) is 33.9 Å². The molecule has 0 spiro atoms. The van der Waals surface area contributed by atoms with Crippen LogP contribution in [0.4, 0.5) is 0 Å². The van der Waals surface area contributed by atoms with Crippen LogP contribution in [0.25, 0.3) is 33.9 Å². The summed E-state index contributed by atoms with van der Waals surface area (Å²) in [4.78, 5) is 13.7. The SMILES string of the molecule is Cc1ccc(-c2cc(-c3ccccn3)nc(-c3ccccn3)c2)cc1.[Cl-].[Pt+2]. The number of nitrogens with zero attached hydrogens (tertiary/aromatic N) is 3. The molecule has 0 aliphatic heterocycles. The average molecular weight is 554 g/mol. The molecule has 0 N–H and O–H groups in total. The zero-order chi connectivity index (χ0) is 17.1. The van der Waals surface area contributed by atoms with Crippen LogP contribution in [0.3, 0.4) is 0 Å². The molecule has 1 aromatic carbocycles. The number of aryl methyl sites for hydroxylation is 1. The van der Waals surface area contributed by atoms with Gasteiger partial charge in [-0.05, 0) is 54.4 Å². The Hall–Kier alpha value is -2.35. The van der Waals surface area contributed by atoms with E-state index in [0.717, 1.165) is 33.9 Å². The Bertz CT molecular complexity index is 933. The number of pyridine rings is 3. The maximum absolute atomic E-state index is 4.79. The van der Waals surface area contributed by atoms with Crippen molar-refractivity contribution >= 4 is 0 Å². The molecule has 5 heteroatoms. The summed E-state index contributed by atoms with van der Waals surface area (Å²) in [5.41, 5.74) is 6.91. The van der Waals surface area contributed by atoms with Crippen LogP contribution in [0, 0.1) is 6.92 Å². The van der Waals surface area contributed by atoms with Gasteiger partial charge in [0.15, 0.2) is 0 Å². The fraction of sp³-hybridized carbons (Fsp3) is 0.0455. The van der Waals surface area contributed by atoms with E-state index in [1.54, 1.807) is 12.4 Å². The molecule has 136 valence electrons. The van der Waals surface area contributed by atoms with Crippen LogP contribution in [0.1, 0.15) is 5.56 Å². The van der Waals surface area contributed by atoms with Gasteiger partial charge < -0.3 is 12.4 Å². The summed E-state index contributed by atoms with van der Waals surface area (Å²) in [5, 5.41) is 0. The summed E-state index contributed by atoms with van der Waals surface area (Å²) in [6.07, 6.45) is 3.58. The van der Waals surface area contributed by atoms with E-state index in [1.807, 2.05) is 36.4 Å². The molecule has 0 radical (unpaired) electrons. The third kappa shape index (κ3) is 4.88. The van der Waals surface area contributed by atoms with Crippen LogP contribution in [0.15, 0.2) is 85.2 Å². The predicted octanol–water partition coefficient (Wildman–Crippen LogP) is 2.18. The average Bonchev–Trinajstić information content (AvgIpc) is 2.69. The minimum Gasteiger partial charge on any atom is -1.00 e. The Morgan fingerprint density at radius 1 is 0.593 bits per heavy atom. The third-order valence-corrected chi connectivity index (χ3v) is 4.06. The second kappa shape index (κ2) is 9.55. The monoisotopic (exact) mass is 553 g/mol. The van der Waals surface area contributed by atoms with Crippen molar-refractivity contribution in [1.82, 2.24) is 15.0 Å². The van der Waals surface area contributed by atoms with Gasteiger partial charge >= 0.3 is 21.1 Å². The molecule has 3 nitrogen and oxygen atoms in total. The maximum atomic E-state index is 4.79. The van der Waals surface area contributed by atoms with Crippen LogP contribution >= 0.6 is 0 Å². The second-order valence-corrected chi connectivity index (χ2v) is 5.92. The molecule has 0 saturated heterocycles. The van der Waals surface area contributed by atoms with Gasteiger partial charge in [-0.3, -0.25) is 9.97 Å². The van der Waals surface area contributed by atoms with Gasteiger partial charge in [-0.25, -0.2) is 4.98 Å². The van der Waals surface area contributed by atoms with Crippen LogP contribution in [0.5, 0.6) is 0 Å². The van der Waals surface area contributed by atoms with E-state index < -0.39 is 0 Å². The number of halogens is 1. The number of rotatable bonds is 3. The molecule has 3 heterocycles. The minimum absolute atomic E-state index is 0. The fourth-order valence-electron chi connectivity index (χ4n) is 2.73. The number of benzene rings is 1. The second-order valence-electron chi connectivity index (χ2n) is 5.92. The van der Waals surface area contributed by atoms with Crippen molar-refractivity contribution < 1.29 is 33.5 Å². The zero-order valence-corrected chi connectivity index (χ0v) is 17.6. The number of hydrogen-bond donors (Lipinski definition) is 0. The van der Waals surface area contributed by atoms with Crippen molar-refractivity contribution in [3.63, 3.8) is 0 Å². The Morgan fingerprint density at radius 3 is 1.56 bits per heavy atom. The summed E-state index contributed by atoms with van der Waals surface area (Å²) in [7, 11) is 0. The first-order valence-corrected chi connectivity index (χ1v) is 8.21. The summed E-state index contributed by atoms with van der Waals surface area (Å²) in [6, 6.07) is 24.4. The quantitative estimate of drug-likeness (QED) is 0.391. The third-order valence-electron chi connectivity index (χ3n) is 4.06. The first-order chi connectivity index (χ1) is 12.3. The number of hydrogen-bond acceptors (Lipinski definition) is 3. The molecular formula is C22H17ClN3Pt+. The van der Waals surface area contributed by atoms with E-state index >= 15 is 0 Å². The molecule has 0 aliphatic rings. The summed E-state index contributed by atoms with van der Waals surface area (Å²) in [6.45, 7) is 2.09. The Kier molecular flexibility index (Phi) is 7.41. The molecule has 0 atom stereocenters. The van der Waals surface area contributed by atoms with Crippen LogP contribution < -0.4 is 12.4 Å². The molecule has 0 unspecified atom stereocenters. The molecule has 0 aliphatic carbocycles. The van der Waals surface area contributed by atoms with Crippen molar-refractivity contribution in [2.45, 2.75) is 6.92 Å². The fourth-order valence-corrected chi connectivity index (χ4v) is 2.73. The molecule has 27 heavy (non-hydrogen) atoms. The largest absolute Gasteiger partial charge is 2.00 e. The van der Waals surface area contributed by atoms with Crippen molar-refractivity contribution in [1.29, 1.82) is 0 Å². The van der Waals surface area contributed by atoms with Crippen LogP contribution in [0.2, 0.25) is 0 Å². The first-order valence-electron chi connectivity index (χ1n) is 8.21. The summed E-state index contributed by atoms with van der Waals surface area (Å²) in [5.74, 6) is 0. The minimum atomic E-state index is 0. The van der Waals surface area contributed by atoms with Gasteiger partial charge in [-0.15, -0.1) is 0 Å². The van der Waals surface area contributed by atoms with Crippen molar-refractivity contribution in [3.05, 3.63) is 90.8 Å². The van der Waals surface area contributed by atoms with Gasteiger partial charge in [0, 0.05) is 12.4 Å². The predicted molar refractivity (Wildman–Crippen MR) is 101 cm³/mol. The molecular weight excluding hydrogens is 537 g/mol. The van der Waals surface area contributed by atoms with Gasteiger partial charge in [-0.1, -0.05) is 42.0 Å². The van der Waals surface area contributed by atoms with E-state index in [-0.39, 0.29) is 33.5 Å². The van der Waals surface area contributed by atoms with E-state index in [2.05, 4.69) is 53.3 Å². The molecule has 4 rings (SSSR count). The van der Waals surface area contributed by atoms with E-state index in [1.165, 1.54) is 5.56 Å². The van der Waals surface area contributed by atoms with Gasteiger partial charge in [0.05, 0.1) is 22.8 Å². The van der Waals surface area contributed by atoms with E-state index in [0.29, 0.717) is 0 Å². The molecule has 3 aromatic heterocycles. The molecule has 0 saturated carbocycles. The molecule has 0 fully saturated rings. The Morgan fingerprint density at radius 2 is 1.11 bits per heavy atom. The Labute approximate surface area is 179 Å². The summed E-state index contributed by atoms with van der Waals surface area (Å²) < 4.78 is 0. The van der Waals surface area contributed by atoms with Gasteiger partial charge in [0.2, 0.25) is 0 Å². The number of aromatic nitrogens is 3. The molecule has 0 bridgehead atoms. The van der Waals surface area contributed by atoms with E-state index in [4.69, 9.17) is 4.98 Å². The van der Waals surface area contributed by atoms with Gasteiger partial charge in [-0.2, -0.15) is 0 Å². The molecule has 4 aromatic rings. The van der Waals surface area contributed by atoms with Crippen LogP contribution in [-0.2, 0) is 21.1 Å². The topological polar surface area (TPSA) is 38.7 Å². The maximum Gasteiger partial charge on any atom is 2.00 e. The smallest absolute Gasteiger partial charge is 1.00 e. The van der Waals surface area contributed by atoms with Gasteiger partial charge in [0.1, 0.15) is 0 Å². The molecule has 0 amide bonds. The first kappa shape index (κ1) is 21.0. The zero-order valence-electron chi connectivity index (χ0n) is 14.6. The van der Waals surface area contributed by atoms with Crippen molar-refractivity contribution in [2.24, 2.45) is 0 Å². The Balaban J connectivity index is 0.00000131. The van der Waals surface area contributed by atoms with Crippen molar-refractivity contribution in [2.75, 3.05) is 0 Å². The van der Waals surface area contributed by atoms with E-state index in [9.17, 15) is 0 Å². The normalized spacial score (nSPS) is 9.81. The van der Waals surface area contributed by atoms with Crippen LogP contribution in [-0.4, -0.2) is 15.0 Å².